The average Bonchev–Trinajstić information content (AvgIpc) is 2.79. The fraction of sp³-hybridized carbons (Fsp3) is 0.350. The van der Waals surface area contributed by atoms with Gasteiger partial charge in [-0.05, 0) is 30.3 Å². The maximum atomic E-state index is 12.4. The van der Waals surface area contributed by atoms with E-state index in [1.807, 2.05) is 0 Å². The van der Waals surface area contributed by atoms with Gasteiger partial charge in [0, 0.05) is 26.2 Å². The summed E-state index contributed by atoms with van der Waals surface area (Å²) in [5.74, 6) is -0.270. The van der Waals surface area contributed by atoms with E-state index < -0.39 is 37.4 Å². The van der Waals surface area contributed by atoms with Gasteiger partial charge in [-0.3, -0.25) is 19.2 Å². The number of carbonyl (C=O) groups excluding carboxylic acids is 1. The first-order valence-electron chi connectivity index (χ1n) is 9.99. The van der Waals surface area contributed by atoms with Crippen molar-refractivity contribution in [2.24, 2.45) is 0 Å². The van der Waals surface area contributed by atoms with Crippen LogP contribution in [-0.2, 0) is 24.8 Å². The summed E-state index contributed by atoms with van der Waals surface area (Å²) in [6.07, 6.45) is 0.863. The molecule has 192 valence electrons. The first-order valence-corrected chi connectivity index (χ1v) is 13.3. The lowest BCUT2D eigenvalue weighted by Gasteiger charge is -2.23. The molecule has 35 heavy (non-hydrogen) atoms. The van der Waals surface area contributed by atoms with Crippen molar-refractivity contribution in [3.05, 3.63) is 52.6 Å². The van der Waals surface area contributed by atoms with Gasteiger partial charge in [0.15, 0.2) is 0 Å². The van der Waals surface area contributed by atoms with Crippen LogP contribution in [0.3, 0.4) is 0 Å². The second-order valence-corrected chi connectivity index (χ2v) is 11.4. The Balaban J connectivity index is 2.02. The Bertz CT molecular complexity index is 1280. The number of methoxy groups -OCH3 is 1. The van der Waals surface area contributed by atoms with Crippen molar-refractivity contribution in [1.29, 1.82) is 0 Å². The van der Waals surface area contributed by atoms with Gasteiger partial charge in [-0.1, -0.05) is 0 Å². The summed E-state index contributed by atoms with van der Waals surface area (Å²) in [5.41, 5.74) is -0.518. The van der Waals surface area contributed by atoms with Gasteiger partial charge in [-0.15, -0.1) is 0 Å². The van der Waals surface area contributed by atoms with Crippen molar-refractivity contribution >= 4 is 37.3 Å². The van der Waals surface area contributed by atoms with Crippen LogP contribution in [0.4, 0.5) is 11.4 Å². The van der Waals surface area contributed by atoms with E-state index >= 15 is 0 Å². The molecule has 0 aliphatic heterocycles. The summed E-state index contributed by atoms with van der Waals surface area (Å²) in [7, 11) is -3.46. The molecular formula is C20H26N4O9S2. The van der Waals surface area contributed by atoms with Crippen molar-refractivity contribution in [3.63, 3.8) is 0 Å². The van der Waals surface area contributed by atoms with Gasteiger partial charge in [0.1, 0.15) is 30.3 Å². The average molecular weight is 531 g/mol. The van der Waals surface area contributed by atoms with Crippen molar-refractivity contribution in [2.45, 2.75) is 4.90 Å². The van der Waals surface area contributed by atoms with E-state index in [2.05, 4.69) is 5.32 Å². The molecule has 2 aromatic rings. The largest absolute Gasteiger partial charge is 0.495 e. The highest BCUT2D eigenvalue weighted by atomic mass is 32.2. The Kier molecular flexibility index (Phi) is 9.00. The molecule has 2 rings (SSSR count). The molecule has 15 heteroatoms. The Morgan fingerprint density at radius 1 is 1.09 bits per heavy atom. The Labute approximate surface area is 203 Å². The smallest absolute Gasteiger partial charge is 0.271 e. The number of amides is 1. The maximum Gasteiger partial charge on any atom is 0.271 e. The number of hydrogen-bond acceptors (Lipinski definition) is 9. The number of nitro groups is 1. The van der Waals surface area contributed by atoms with Gasteiger partial charge in [0.05, 0.1) is 29.7 Å². The molecule has 2 aromatic carbocycles. The third-order valence-electron chi connectivity index (χ3n) is 4.62. The summed E-state index contributed by atoms with van der Waals surface area (Å²) in [6.45, 7) is -0.613. The Morgan fingerprint density at radius 3 is 2.23 bits per heavy atom. The standard InChI is InChI=1S/C20H26N4O9S2/c1-22(2)35(30,31)17-8-6-16(7-9-17)33-12-11-21-20(25)14-23(34(4,28)29)18-13-15(24(26)27)5-10-19(18)32-3/h5-10,13H,11-12,14H2,1-4H3,(H,21,25). The van der Waals surface area contributed by atoms with Crippen LogP contribution in [0.15, 0.2) is 47.4 Å². The summed E-state index contributed by atoms with van der Waals surface area (Å²) >= 11 is 0. The first kappa shape index (κ1) is 27.8. The van der Waals surface area contributed by atoms with E-state index in [1.54, 1.807) is 0 Å². The molecular weight excluding hydrogens is 504 g/mol. The van der Waals surface area contributed by atoms with Crippen molar-refractivity contribution < 1.29 is 36.0 Å². The van der Waals surface area contributed by atoms with E-state index in [1.165, 1.54) is 51.5 Å². The molecule has 0 heterocycles. The molecule has 0 aromatic heterocycles. The first-order chi connectivity index (χ1) is 16.3. The topological polar surface area (TPSA) is 165 Å². The van der Waals surface area contributed by atoms with Crippen LogP contribution in [0.25, 0.3) is 0 Å². The number of anilines is 1. The third kappa shape index (κ3) is 7.27. The zero-order chi connectivity index (χ0) is 26.4. The van der Waals surface area contributed by atoms with Gasteiger partial charge in [-0.2, -0.15) is 0 Å². The number of nitrogens with zero attached hydrogens (tertiary/aromatic N) is 3. The molecule has 1 amide bonds. The van der Waals surface area contributed by atoms with E-state index in [0.717, 1.165) is 22.7 Å². The van der Waals surface area contributed by atoms with Crippen LogP contribution < -0.4 is 19.1 Å². The Morgan fingerprint density at radius 2 is 1.71 bits per heavy atom. The molecule has 0 bridgehead atoms. The number of ether oxygens (including phenoxy) is 2. The third-order valence-corrected chi connectivity index (χ3v) is 7.58. The number of non-ortho nitro benzene ring substituents is 1. The van der Waals surface area contributed by atoms with E-state index in [0.29, 0.717) is 10.1 Å². The normalized spacial score (nSPS) is 11.7. The molecule has 0 fully saturated rings. The molecule has 0 aliphatic carbocycles. The molecule has 0 atom stereocenters. The highest BCUT2D eigenvalue weighted by Gasteiger charge is 2.26. The SMILES string of the molecule is COc1ccc([N+](=O)[O-])cc1N(CC(=O)NCCOc1ccc(S(=O)(=O)N(C)C)cc1)S(C)(=O)=O. The molecule has 0 spiro atoms. The summed E-state index contributed by atoms with van der Waals surface area (Å²) in [5, 5.41) is 13.6. The Hall–Kier alpha value is -3.43. The zero-order valence-electron chi connectivity index (χ0n) is 19.5. The lowest BCUT2D eigenvalue weighted by atomic mass is 10.2. The van der Waals surface area contributed by atoms with E-state index in [4.69, 9.17) is 9.47 Å². The predicted molar refractivity (Wildman–Crippen MR) is 128 cm³/mol. The predicted octanol–water partition coefficient (Wildman–Crippen LogP) is 0.815. The van der Waals surface area contributed by atoms with Gasteiger partial charge >= 0.3 is 0 Å². The lowest BCUT2D eigenvalue weighted by molar-refractivity contribution is -0.384. The molecule has 0 radical (unpaired) electrons. The van der Waals surface area contributed by atoms with Crippen molar-refractivity contribution in [1.82, 2.24) is 9.62 Å². The van der Waals surface area contributed by atoms with Crippen LogP contribution in [0.5, 0.6) is 11.5 Å². The number of hydrogen-bond donors (Lipinski definition) is 1. The number of nitro benzene ring substituents is 1. The minimum absolute atomic E-state index is 0.0141. The highest BCUT2D eigenvalue weighted by molar-refractivity contribution is 7.92. The quantitative estimate of drug-likeness (QED) is 0.237. The van der Waals surface area contributed by atoms with Gasteiger partial charge in [0.2, 0.25) is 26.0 Å². The summed E-state index contributed by atoms with van der Waals surface area (Å²) in [4.78, 5) is 22.9. The molecule has 0 unspecified atom stereocenters. The summed E-state index contributed by atoms with van der Waals surface area (Å²) in [6, 6.07) is 9.13. The molecule has 1 N–H and O–H groups in total. The number of benzene rings is 2. The second kappa shape index (κ2) is 11.3. The van der Waals surface area contributed by atoms with Crippen LogP contribution >= 0.6 is 0 Å². The van der Waals surface area contributed by atoms with Gasteiger partial charge in [0.25, 0.3) is 5.69 Å². The molecule has 0 aliphatic rings. The maximum absolute atomic E-state index is 12.4. The lowest BCUT2D eigenvalue weighted by Crippen LogP contribution is -2.41. The fourth-order valence-electron chi connectivity index (χ4n) is 2.83. The van der Waals surface area contributed by atoms with Crippen molar-refractivity contribution in [3.8, 4) is 11.5 Å². The van der Waals surface area contributed by atoms with Crippen LogP contribution in [0.1, 0.15) is 0 Å². The molecule has 0 saturated carbocycles. The minimum atomic E-state index is -4.00. The number of carbonyl (C=O) groups is 1. The molecule has 0 saturated heterocycles. The van der Waals surface area contributed by atoms with Gasteiger partial charge < -0.3 is 14.8 Å². The minimum Gasteiger partial charge on any atom is -0.495 e. The van der Waals surface area contributed by atoms with E-state index in [9.17, 15) is 31.7 Å². The second-order valence-electron chi connectivity index (χ2n) is 7.34. The highest BCUT2D eigenvalue weighted by Crippen LogP contribution is 2.33. The number of sulfonamides is 2. The molecule has 13 nitrogen and oxygen atoms in total. The fourth-order valence-corrected chi connectivity index (χ4v) is 4.59. The monoisotopic (exact) mass is 530 g/mol. The summed E-state index contributed by atoms with van der Waals surface area (Å²) < 4.78 is 61.2. The van der Waals surface area contributed by atoms with Crippen LogP contribution in [0, 0.1) is 10.1 Å². The zero-order valence-corrected chi connectivity index (χ0v) is 21.1. The van der Waals surface area contributed by atoms with Crippen LogP contribution in [0.2, 0.25) is 0 Å². The number of rotatable bonds is 12. The van der Waals surface area contributed by atoms with Gasteiger partial charge in [-0.25, -0.2) is 21.1 Å². The van der Waals surface area contributed by atoms with E-state index in [-0.39, 0.29) is 35.2 Å². The van der Waals surface area contributed by atoms with Crippen molar-refractivity contribution in [2.75, 3.05) is 51.5 Å². The number of nitrogens with one attached hydrogen (secondary N) is 1. The van der Waals surface area contributed by atoms with Crippen LogP contribution in [-0.4, -0.2) is 79.1 Å².